The fourth-order valence-electron chi connectivity index (χ4n) is 1.66. The highest BCUT2D eigenvalue weighted by Crippen LogP contribution is 2.19. The van der Waals surface area contributed by atoms with Gasteiger partial charge in [0.15, 0.2) is 0 Å². The van der Waals surface area contributed by atoms with E-state index in [9.17, 15) is 4.39 Å². The van der Waals surface area contributed by atoms with E-state index in [0.717, 1.165) is 5.75 Å². The molecule has 0 unspecified atom stereocenters. The zero-order valence-corrected chi connectivity index (χ0v) is 11.1. The van der Waals surface area contributed by atoms with Crippen LogP contribution in [0.2, 0.25) is 0 Å². The first-order valence-corrected chi connectivity index (χ1v) is 6.90. The number of nitrogens with one attached hydrogen (secondary N) is 1. The summed E-state index contributed by atoms with van der Waals surface area (Å²) in [6, 6.07) is 16.6. The van der Waals surface area contributed by atoms with Crippen LogP contribution in [0, 0.1) is 17.1 Å². The molecule has 0 radical (unpaired) electrons. The zero-order valence-electron chi connectivity index (χ0n) is 10.3. The number of hydrogen-bond acceptors (Lipinski definition) is 3. The Morgan fingerprint density at radius 2 is 1.89 bits per heavy atom. The molecular weight excluding hydrogens is 259 g/mol. The van der Waals surface area contributed by atoms with E-state index in [4.69, 9.17) is 5.26 Å². The lowest BCUT2D eigenvalue weighted by Gasteiger charge is -2.08. The van der Waals surface area contributed by atoms with Gasteiger partial charge in [-0.1, -0.05) is 24.3 Å². The Morgan fingerprint density at radius 3 is 2.63 bits per heavy atom. The fraction of sp³-hybridized carbons (Fsp3) is 0.133. The molecule has 0 aliphatic carbocycles. The second-order valence-electron chi connectivity index (χ2n) is 3.86. The van der Waals surface area contributed by atoms with E-state index in [2.05, 4.69) is 5.32 Å². The van der Waals surface area contributed by atoms with Gasteiger partial charge in [-0.2, -0.15) is 5.26 Å². The van der Waals surface area contributed by atoms with Gasteiger partial charge in [0.1, 0.15) is 17.4 Å². The quantitative estimate of drug-likeness (QED) is 0.662. The summed E-state index contributed by atoms with van der Waals surface area (Å²) in [5.74, 6) is 0.369. The number of benzene rings is 2. The third-order valence-corrected chi connectivity index (χ3v) is 3.57. The first-order valence-electron chi connectivity index (χ1n) is 5.91. The largest absolute Gasteiger partial charge is 0.383 e. The van der Waals surface area contributed by atoms with Gasteiger partial charge in [0.2, 0.25) is 0 Å². The summed E-state index contributed by atoms with van der Waals surface area (Å²) in [6.45, 7) is 0.678. The molecule has 0 aromatic heterocycles. The Bertz CT molecular complexity index is 578. The number of nitrogens with zero attached hydrogens (tertiary/aromatic N) is 1. The van der Waals surface area contributed by atoms with E-state index in [1.807, 2.05) is 36.4 Å². The minimum absolute atomic E-state index is 0.0761. The molecule has 1 N–H and O–H groups in total. The molecule has 2 nitrogen and oxygen atoms in total. The second-order valence-corrected chi connectivity index (χ2v) is 5.03. The molecule has 4 heteroatoms. The van der Waals surface area contributed by atoms with Crippen LogP contribution in [0.5, 0.6) is 0 Å². The topological polar surface area (TPSA) is 35.8 Å². The maximum absolute atomic E-state index is 13.4. The van der Waals surface area contributed by atoms with Gasteiger partial charge < -0.3 is 5.32 Å². The van der Waals surface area contributed by atoms with Gasteiger partial charge >= 0.3 is 0 Å². The van der Waals surface area contributed by atoms with Crippen LogP contribution in [-0.4, -0.2) is 12.3 Å². The highest BCUT2D eigenvalue weighted by molar-refractivity contribution is 7.99. The zero-order chi connectivity index (χ0) is 13.5. The van der Waals surface area contributed by atoms with Crippen LogP contribution in [-0.2, 0) is 0 Å². The molecule has 0 aliphatic heterocycles. The van der Waals surface area contributed by atoms with Crippen LogP contribution in [0.25, 0.3) is 0 Å². The van der Waals surface area contributed by atoms with E-state index in [-0.39, 0.29) is 5.56 Å². The summed E-state index contributed by atoms with van der Waals surface area (Å²) < 4.78 is 13.4. The molecule has 2 aromatic carbocycles. The summed E-state index contributed by atoms with van der Waals surface area (Å²) >= 11 is 1.72. The molecule has 0 heterocycles. The van der Waals surface area contributed by atoms with Gasteiger partial charge in [0.05, 0.1) is 5.69 Å². The molecule has 0 saturated heterocycles. The summed E-state index contributed by atoms with van der Waals surface area (Å²) in [4.78, 5) is 1.20. The van der Waals surface area contributed by atoms with Crippen molar-refractivity contribution in [3.05, 3.63) is 59.9 Å². The molecule has 0 bridgehead atoms. The van der Waals surface area contributed by atoms with Crippen molar-refractivity contribution in [2.24, 2.45) is 0 Å². The monoisotopic (exact) mass is 272 g/mol. The molecule has 2 aromatic rings. The van der Waals surface area contributed by atoms with Crippen LogP contribution in [0.1, 0.15) is 5.56 Å². The minimum Gasteiger partial charge on any atom is -0.383 e. The third-order valence-electron chi connectivity index (χ3n) is 2.55. The molecule has 96 valence electrons. The Kier molecular flexibility index (Phi) is 4.82. The van der Waals surface area contributed by atoms with Crippen molar-refractivity contribution in [2.45, 2.75) is 4.90 Å². The van der Waals surface area contributed by atoms with Gasteiger partial charge in [-0.15, -0.1) is 11.8 Å². The predicted octanol–water partition coefficient (Wildman–Crippen LogP) is 3.90. The molecule has 0 aliphatic rings. The van der Waals surface area contributed by atoms with Crippen molar-refractivity contribution < 1.29 is 4.39 Å². The number of rotatable bonds is 5. The summed E-state index contributed by atoms with van der Waals surface area (Å²) in [6.07, 6.45) is 0. The van der Waals surface area contributed by atoms with Crippen LogP contribution in [0.15, 0.2) is 53.4 Å². The van der Waals surface area contributed by atoms with Gasteiger partial charge in [0, 0.05) is 17.2 Å². The summed E-state index contributed by atoms with van der Waals surface area (Å²) in [5, 5.41) is 12.0. The molecule has 0 spiro atoms. The molecule has 2 rings (SSSR count). The van der Waals surface area contributed by atoms with Crippen molar-refractivity contribution in [3.63, 3.8) is 0 Å². The number of nitriles is 1. The standard InChI is InChI=1S/C15H13FN2S/c16-14-7-4-8-15(13(14)11-17)18-9-10-19-12-5-2-1-3-6-12/h1-8,18H,9-10H2. The van der Waals surface area contributed by atoms with Crippen LogP contribution >= 0.6 is 11.8 Å². The molecule has 0 amide bonds. The highest BCUT2D eigenvalue weighted by Gasteiger charge is 2.06. The van der Waals surface area contributed by atoms with Crippen molar-refractivity contribution >= 4 is 17.4 Å². The van der Waals surface area contributed by atoms with Gasteiger partial charge in [-0.05, 0) is 24.3 Å². The number of anilines is 1. The maximum atomic E-state index is 13.4. The van der Waals surface area contributed by atoms with E-state index in [0.29, 0.717) is 12.2 Å². The van der Waals surface area contributed by atoms with Crippen molar-refractivity contribution in [1.82, 2.24) is 0 Å². The van der Waals surface area contributed by atoms with Gasteiger partial charge in [-0.25, -0.2) is 4.39 Å². The first kappa shape index (κ1) is 13.4. The summed E-state index contributed by atoms with van der Waals surface area (Å²) in [5.41, 5.74) is 0.628. The average Bonchev–Trinajstić information content (AvgIpc) is 2.45. The molecule has 0 saturated carbocycles. The maximum Gasteiger partial charge on any atom is 0.143 e. The van der Waals surface area contributed by atoms with E-state index < -0.39 is 5.82 Å². The number of halogens is 1. The lowest BCUT2D eigenvalue weighted by atomic mass is 10.2. The van der Waals surface area contributed by atoms with Crippen molar-refractivity contribution in [2.75, 3.05) is 17.6 Å². The van der Waals surface area contributed by atoms with E-state index >= 15 is 0 Å². The SMILES string of the molecule is N#Cc1c(F)cccc1NCCSc1ccccc1. The van der Waals surface area contributed by atoms with Crippen LogP contribution in [0.3, 0.4) is 0 Å². The lowest BCUT2D eigenvalue weighted by molar-refractivity contribution is 0.624. The third kappa shape index (κ3) is 3.73. The minimum atomic E-state index is -0.483. The van der Waals surface area contributed by atoms with Gasteiger partial charge in [-0.3, -0.25) is 0 Å². The number of thioether (sulfide) groups is 1. The fourth-order valence-corrected chi connectivity index (χ4v) is 2.45. The Hall–Kier alpha value is -1.99. The summed E-state index contributed by atoms with van der Waals surface area (Å²) in [7, 11) is 0. The Labute approximate surface area is 116 Å². The molecular formula is C15H13FN2S. The van der Waals surface area contributed by atoms with Gasteiger partial charge in [0.25, 0.3) is 0 Å². The number of hydrogen-bond donors (Lipinski definition) is 1. The molecule has 19 heavy (non-hydrogen) atoms. The predicted molar refractivity (Wildman–Crippen MR) is 76.8 cm³/mol. The van der Waals surface area contributed by atoms with Crippen molar-refractivity contribution in [3.8, 4) is 6.07 Å². The smallest absolute Gasteiger partial charge is 0.143 e. The van der Waals surface area contributed by atoms with Crippen LogP contribution < -0.4 is 5.32 Å². The molecule has 0 atom stereocenters. The Morgan fingerprint density at radius 1 is 1.11 bits per heavy atom. The average molecular weight is 272 g/mol. The lowest BCUT2D eigenvalue weighted by Crippen LogP contribution is -2.06. The Balaban J connectivity index is 1.87. The van der Waals surface area contributed by atoms with Crippen LogP contribution in [0.4, 0.5) is 10.1 Å². The second kappa shape index (κ2) is 6.81. The highest BCUT2D eigenvalue weighted by atomic mass is 32.2. The molecule has 0 fully saturated rings. The van der Waals surface area contributed by atoms with E-state index in [1.54, 1.807) is 23.9 Å². The van der Waals surface area contributed by atoms with Crippen molar-refractivity contribution in [1.29, 1.82) is 5.26 Å². The first-order chi connectivity index (χ1) is 9.31. The normalized spacial score (nSPS) is 9.89. The van der Waals surface area contributed by atoms with E-state index in [1.165, 1.54) is 11.0 Å².